The number of aromatic nitrogens is 4. The lowest BCUT2D eigenvalue weighted by Crippen LogP contribution is -2.45. The number of H-pyrrole nitrogens is 2. The lowest BCUT2D eigenvalue weighted by molar-refractivity contribution is 0.0713. The molecular weight excluding hydrogens is 869 g/mol. The minimum atomic E-state index is -1.61. The van der Waals surface area contributed by atoms with Crippen LogP contribution in [-0.2, 0) is 26.2 Å². The third kappa shape index (κ3) is 14.9. The molecule has 0 spiro atoms. The predicted molar refractivity (Wildman–Crippen MR) is 234 cm³/mol. The maximum atomic E-state index is 13.1. The minimum absolute atomic E-state index is 0.115. The van der Waals surface area contributed by atoms with E-state index in [9.17, 15) is 68.4 Å². The monoisotopic (exact) mass is 920 g/mol. The molecule has 0 unspecified atom stereocenters. The Morgan fingerprint density at radius 1 is 0.530 bits per heavy atom. The first-order valence-electron chi connectivity index (χ1n) is 20.8. The van der Waals surface area contributed by atoms with Crippen LogP contribution < -0.4 is 33.1 Å². The summed E-state index contributed by atoms with van der Waals surface area (Å²) in [6.07, 6.45) is 0.975. The number of hydrogen-bond acceptors (Lipinski definition) is 12. The maximum Gasteiger partial charge on any atom is 0.414 e. The van der Waals surface area contributed by atoms with Gasteiger partial charge in [-0.2, -0.15) is 0 Å². The summed E-state index contributed by atoms with van der Waals surface area (Å²) in [6.45, 7) is -1.98. The van der Waals surface area contributed by atoms with Crippen LogP contribution in [0.1, 0.15) is 57.5 Å². The number of aromatic amines is 2. The Morgan fingerprint density at radius 3 is 1.23 bits per heavy atom. The van der Waals surface area contributed by atoms with Crippen molar-refractivity contribution in [1.29, 1.82) is 0 Å². The van der Waals surface area contributed by atoms with E-state index in [4.69, 9.17) is 0 Å². The Kier molecular flexibility index (Phi) is 19.6. The van der Waals surface area contributed by atoms with Crippen LogP contribution in [0.5, 0.6) is 0 Å². The molecular formula is C42H52N10O14. The van der Waals surface area contributed by atoms with Gasteiger partial charge in [-0.15, -0.1) is 0 Å². The summed E-state index contributed by atoms with van der Waals surface area (Å²) < 4.78 is 1.91. The summed E-state index contributed by atoms with van der Waals surface area (Å²) in [5, 5.41) is 44.0. The summed E-state index contributed by atoms with van der Waals surface area (Å²) in [4.78, 5) is 134. The molecule has 0 saturated carbocycles. The van der Waals surface area contributed by atoms with E-state index in [1.165, 1.54) is 9.80 Å². The molecule has 2 aromatic heterocycles. The lowest BCUT2D eigenvalue weighted by atomic mass is 10.2. The third-order valence-corrected chi connectivity index (χ3v) is 9.99. The number of aliphatic hydroxyl groups is 2. The molecule has 2 heterocycles. The van der Waals surface area contributed by atoms with E-state index in [2.05, 4.69) is 10.6 Å². The molecule has 66 heavy (non-hydrogen) atoms. The van der Waals surface area contributed by atoms with Gasteiger partial charge in [-0.3, -0.25) is 38.3 Å². The highest BCUT2D eigenvalue weighted by Crippen LogP contribution is 2.10. The average molecular weight is 921 g/mol. The fraction of sp³-hybridized carbons (Fsp3) is 0.381. The molecule has 0 bridgehead atoms. The van der Waals surface area contributed by atoms with Crippen molar-refractivity contribution in [2.45, 2.75) is 51.9 Å². The highest BCUT2D eigenvalue weighted by molar-refractivity contribution is 6.02. The average Bonchev–Trinajstić information content (AvgIpc) is 3.29. The van der Waals surface area contributed by atoms with Crippen LogP contribution in [0.4, 0.5) is 19.2 Å². The molecule has 0 atom stereocenters. The minimum Gasteiger partial charge on any atom is -0.465 e. The topological polar surface area (TPSA) is 330 Å². The van der Waals surface area contributed by atoms with Crippen molar-refractivity contribution >= 4 is 36.1 Å². The number of carbonyl (C=O) groups is 6. The molecule has 0 aliphatic rings. The number of nitrogens with one attached hydrogen (secondary N) is 4. The van der Waals surface area contributed by atoms with Gasteiger partial charge in [0.1, 0.15) is 11.1 Å². The molecule has 0 aliphatic heterocycles. The number of nitrogens with zero attached hydrogens (tertiary/aromatic N) is 6. The van der Waals surface area contributed by atoms with Crippen molar-refractivity contribution in [3.63, 3.8) is 0 Å². The number of aliphatic hydroxyl groups excluding tert-OH is 2. The fourth-order valence-electron chi connectivity index (χ4n) is 6.48. The second kappa shape index (κ2) is 25.4. The van der Waals surface area contributed by atoms with Crippen molar-refractivity contribution in [3.05, 3.63) is 137 Å². The molecule has 0 aliphatic carbocycles. The van der Waals surface area contributed by atoms with E-state index in [-0.39, 0.29) is 65.4 Å². The van der Waals surface area contributed by atoms with Crippen LogP contribution in [0.15, 0.2) is 92.2 Å². The van der Waals surface area contributed by atoms with Crippen molar-refractivity contribution in [1.82, 2.24) is 49.3 Å². The van der Waals surface area contributed by atoms with Crippen LogP contribution >= 0.6 is 0 Å². The molecule has 4 aromatic rings. The first-order valence-corrected chi connectivity index (χ1v) is 20.8. The number of rotatable bonds is 23. The Bertz CT molecular complexity index is 2370. The number of carbonyl (C=O) groups excluding carboxylic acids is 4. The Hall–Kier alpha value is -7.86. The largest absolute Gasteiger partial charge is 0.465 e. The first-order chi connectivity index (χ1) is 31.6. The van der Waals surface area contributed by atoms with Gasteiger partial charge < -0.3 is 40.9 Å². The number of unbranched alkanes of at least 4 members (excludes halogenated alkanes) is 3. The second-order valence-corrected chi connectivity index (χ2v) is 14.6. The van der Waals surface area contributed by atoms with Crippen LogP contribution in [0.3, 0.4) is 0 Å². The summed E-state index contributed by atoms with van der Waals surface area (Å²) >= 11 is 0. The molecule has 0 radical (unpaired) electrons. The second-order valence-electron chi connectivity index (χ2n) is 14.6. The van der Waals surface area contributed by atoms with Gasteiger partial charge in [0.05, 0.1) is 26.3 Å². The Labute approximate surface area is 375 Å². The van der Waals surface area contributed by atoms with E-state index < -0.39 is 82.9 Å². The summed E-state index contributed by atoms with van der Waals surface area (Å²) in [7, 11) is 0. The Balaban J connectivity index is 1.21. The van der Waals surface area contributed by atoms with Crippen molar-refractivity contribution in [3.8, 4) is 0 Å². The number of carboxylic acid groups (broad SMARTS) is 2. The quantitative estimate of drug-likeness (QED) is 0.0464. The summed E-state index contributed by atoms with van der Waals surface area (Å²) in [5.41, 5.74) is -4.22. The highest BCUT2D eigenvalue weighted by Gasteiger charge is 2.28. The molecule has 24 nitrogen and oxygen atoms in total. The molecule has 0 saturated heterocycles. The number of hydrogen-bond donors (Lipinski definition) is 8. The molecule has 8 N–H and O–H groups in total. The first kappa shape index (κ1) is 50.8. The van der Waals surface area contributed by atoms with E-state index >= 15 is 0 Å². The van der Waals surface area contributed by atoms with E-state index in [1.807, 2.05) is 9.97 Å². The number of amides is 8. The van der Waals surface area contributed by atoms with Crippen LogP contribution in [-0.4, -0.2) is 148 Å². The van der Waals surface area contributed by atoms with Crippen molar-refractivity contribution in [2.24, 2.45) is 0 Å². The number of urea groups is 2. The molecule has 8 amide bonds. The number of imide groups is 2. The van der Waals surface area contributed by atoms with E-state index in [0.29, 0.717) is 46.6 Å². The van der Waals surface area contributed by atoms with E-state index in [0.717, 1.165) is 21.5 Å². The van der Waals surface area contributed by atoms with Gasteiger partial charge in [0.15, 0.2) is 0 Å². The van der Waals surface area contributed by atoms with Gasteiger partial charge in [-0.25, -0.2) is 38.6 Å². The maximum absolute atomic E-state index is 13.1. The predicted octanol–water partition coefficient (Wildman–Crippen LogP) is 0.296. The molecule has 2 aromatic carbocycles. The lowest BCUT2D eigenvalue weighted by Gasteiger charge is -2.23. The van der Waals surface area contributed by atoms with Crippen LogP contribution in [0.2, 0.25) is 0 Å². The van der Waals surface area contributed by atoms with Gasteiger partial charge in [0.25, 0.3) is 22.9 Å². The van der Waals surface area contributed by atoms with Crippen molar-refractivity contribution in [2.75, 3.05) is 52.5 Å². The smallest absolute Gasteiger partial charge is 0.414 e. The zero-order valence-corrected chi connectivity index (χ0v) is 35.8. The molecule has 24 heteroatoms. The van der Waals surface area contributed by atoms with Crippen LogP contribution in [0.25, 0.3) is 0 Å². The third-order valence-electron chi connectivity index (χ3n) is 9.99. The van der Waals surface area contributed by atoms with Gasteiger partial charge in [0, 0.05) is 64.8 Å². The van der Waals surface area contributed by atoms with Gasteiger partial charge in [-0.05, 0) is 24.0 Å². The zero-order chi connectivity index (χ0) is 48.2. The fourth-order valence-corrected chi connectivity index (χ4v) is 6.48. The Morgan fingerprint density at radius 2 is 0.894 bits per heavy atom. The van der Waals surface area contributed by atoms with Crippen LogP contribution in [0, 0.1) is 0 Å². The summed E-state index contributed by atoms with van der Waals surface area (Å²) in [5.74, 6) is -2.31. The highest BCUT2D eigenvalue weighted by atomic mass is 16.4. The summed E-state index contributed by atoms with van der Waals surface area (Å²) in [6, 6.07) is 15.3. The molecule has 0 fully saturated rings. The molecule has 354 valence electrons. The normalized spacial score (nSPS) is 10.8. The number of benzene rings is 2. The van der Waals surface area contributed by atoms with Gasteiger partial charge >= 0.3 is 35.6 Å². The van der Waals surface area contributed by atoms with E-state index in [1.54, 1.807) is 60.7 Å². The van der Waals surface area contributed by atoms with Crippen molar-refractivity contribution < 1.29 is 49.2 Å². The zero-order valence-electron chi connectivity index (χ0n) is 35.8. The molecule has 4 rings (SSSR count). The SMILES string of the molecule is O=C(NCCCCCCNC(=O)N(CCO)CCn1cc(C(=O)N(Cc2ccccc2)C(=O)O)c(=O)[nH]c1=O)N(CCO)CCn1cc(C(=O)N(Cc2ccccc2)C(=O)O)c(=O)[nH]c1=O. The standard InChI is InChI=1S/C42H52N10O14/c53-23-21-47(17-19-49-27-31(33(55)45-39(49)61)35(57)51(41(63)64)25-29-11-5-3-6-12-29)37(59)43-15-9-1-2-10-16-44-38(60)48(22-24-54)18-20-50-28-32(34(56)46-40(50)62)36(58)52(42(65)66)26-30-13-7-4-8-14-30/h3-8,11-14,27-28,53-54H,1-2,9-10,15-26H2,(H,43,59)(H,44,60)(H,63,64)(H,65,66)(H,45,55,61)(H,46,56,62). The van der Waals surface area contributed by atoms with Gasteiger partial charge in [0.2, 0.25) is 0 Å². The van der Waals surface area contributed by atoms with Gasteiger partial charge in [-0.1, -0.05) is 73.5 Å².